The summed E-state index contributed by atoms with van der Waals surface area (Å²) in [5, 5.41) is 10.1. The van der Waals surface area contributed by atoms with Gasteiger partial charge in [0.1, 0.15) is 12.4 Å². The summed E-state index contributed by atoms with van der Waals surface area (Å²) < 4.78 is 37.8. The number of aromatic nitrogens is 2. The molecule has 0 saturated carbocycles. The van der Waals surface area contributed by atoms with Crippen LogP contribution in [0.5, 0.6) is 0 Å². The Morgan fingerprint density at radius 1 is 1.40 bits per heavy atom. The van der Waals surface area contributed by atoms with Crippen LogP contribution in [0.4, 0.5) is 13.2 Å². The summed E-state index contributed by atoms with van der Waals surface area (Å²) in [6.07, 6.45) is -4.26. The molecule has 0 bridgehead atoms. The lowest BCUT2D eigenvalue weighted by Crippen LogP contribution is -2.21. The fourth-order valence-electron chi connectivity index (χ4n) is 1.77. The Morgan fingerprint density at radius 3 is 2.67 bits per heavy atom. The lowest BCUT2D eigenvalue weighted by atomic mass is 10.4. The third kappa shape index (κ3) is 1.98. The number of alkyl halides is 3. The van der Waals surface area contributed by atoms with Crippen molar-refractivity contribution in [3.8, 4) is 0 Å². The summed E-state index contributed by atoms with van der Waals surface area (Å²) in [6.45, 7) is 0.786. The number of hydrogen-bond acceptors (Lipinski definition) is 3. The van der Waals surface area contributed by atoms with E-state index < -0.39 is 12.7 Å². The third-order valence-electron chi connectivity index (χ3n) is 2.35. The zero-order chi connectivity index (χ0) is 11.2. The second-order valence-corrected chi connectivity index (χ2v) is 3.58. The highest BCUT2D eigenvalue weighted by Crippen LogP contribution is 2.26. The van der Waals surface area contributed by atoms with Crippen molar-refractivity contribution in [2.45, 2.75) is 32.7 Å². The molecule has 1 aromatic heterocycles. The first kappa shape index (κ1) is 10.4. The monoisotopic (exact) mass is 221 g/mol. The van der Waals surface area contributed by atoms with Crippen molar-refractivity contribution in [1.29, 1.82) is 0 Å². The van der Waals surface area contributed by atoms with Crippen molar-refractivity contribution in [1.82, 2.24) is 14.6 Å². The highest BCUT2D eigenvalue weighted by Gasteiger charge is 2.33. The van der Waals surface area contributed by atoms with Crippen molar-refractivity contribution in [3.63, 3.8) is 0 Å². The summed E-state index contributed by atoms with van der Waals surface area (Å²) >= 11 is 0. The minimum Gasteiger partial charge on any atom is -0.321 e. The quantitative estimate of drug-likeness (QED) is 0.780. The van der Waals surface area contributed by atoms with Crippen LogP contribution in [0.2, 0.25) is 0 Å². The smallest absolute Gasteiger partial charge is 0.321 e. The average molecular weight is 221 g/mol. The van der Waals surface area contributed by atoms with E-state index in [9.17, 15) is 13.2 Å². The molecule has 0 amide bonds. The first-order chi connectivity index (χ1) is 6.87. The molecule has 15 heavy (non-hydrogen) atoms. The molecule has 84 valence electrons. The van der Waals surface area contributed by atoms with E-state index in [-0.39, 0.29) is 13.1 Å². The number of fused-ring (bicyclic) bond motifs is 1. The molecule has 4 nitrogen and oxygen atoms in total. The molecule has 0 atom stereocenters. The Kier molecular flexibility index (Phi) is 2.23. The van der Waals surface area contributed by atoms with Crippen LogP contribution in [0.3, 0.4) is 0 Å². The van der Waals surface area contributed by atoms with Crippen molar-refractivity contribution in [2.24, 2.45) is 0 Å². The van der Waals surface area contributed by atoms with Gasteiger partial charge in [-0.3, -0.25) is 0 Å². The lowest BCUT2D eigenvalue weighted by molar-refractivity contribution is -0.142. The fraction of sp³-hybridized carbons (Fsp3) is 0.625. The predicted molar refractivity (Wildman–Crippen MR) is 44.1 cm³/mol. The molecule has 1 aliphatic heterocycles. The Balaban J connectivity index is 2.32. The molecule has 1 N–H and O–H groups in total. The lowest BCUT2D eigenvalue weighted by Gasteiger charge is -2.12. The van der Waals surface area contributed by atoms with Gasteiger partial charge in [-0.25, -0.2) is 4.98 Å². The highest BCUT2D eigenvalue weighted by molar-refractivity contribution is 5.20. The molecular formula is C8H10F3N3O. The van der Waals surface area contributed by atoms with Crippen LogP contribution in [0.1, 0.15) is 17.2 Å². The van der Waals surface area contributed by atoms with Crippen LogP contribution in [0.15, 0.2) is 0 Å². The normalized spacial score (nSPS) is 17.1. The molecule has 2 heterocycles. The van der Waals surface area contributed by atoms with E-state index in [4.69, 9.17) is 5.21 Å². The van der Waals surface area contributed by atoms with Gasteiger partial charge in [0, 0.05) is 0 Å². The highest BCUT2D eigenvalue weighted by atomic mass is 19.4. The van der Waals surface area contributed by atoms with Gasteiger partial charge < -0.3 is 9.77 Å². The minimum absolute atomic E-state index is 0.103. The number of hydrogen-bond donors (Lipinski definition) is 1. The standard InChI is InChI=1S/C8H10F3N3O/c1-5-12-6-2-13(15)3-7(6)14(5)4-8(9,10)11/h15H,2-4H2,1H3. The van der Waals surface area contributed by atoms with Crippen LogP contribution < -0.4 is 0 Å². The average Bonchev–Trinajstić information content (AvgIpc) is 2.50. The van der Waals surface area contributed by atoms with E-state index in [0.29, 0.717) is 17.2 Å². The topological polar surface area (TPSA) is 41.3 Å². The van der Waals surface area contributed by atoms with Crippen LogP contribution >= 0.6 is 0 Å². The number of rotatable bonds is 1. The first-order valence-electron chi connectivity index (χ1n) is 4.42. The molecule has 0 radical (unpaired) electrons. The minimum atomic E-state index is -4.26. The molecule has 2 rings (SSSR count). The number of halogens is 3. The van der Waals surface area contributed by atoms with Crippen molar-refractivity contribution in [2.75, 3.05) is 0 Å². The van der Waals surface area contributed by atoms with Crippen molar-refractivity contribution < 1.29 is 18.4 Å². The molecule has 0 saturated heterocycles. The Hall–Kier alpha value is -1.08. The molecule has 0 aromatic carbocycles. The summed E-state index contributed by atoms with van der Waals surface area (Å²) in [5.41, 5.74) is 0.978. The number of imidazole rings is 1. The third-order valence-corrected chi connectivity index (χ3v) is 2.35. The van der Waals surface area contributed by atoms with E-state index in [1.54, 1.807) is 0 Å². The van der Waals surface area contributed by atoms with Gasteiger partial charge in [-0.15, -0.1) is 0 Å². The van der Waals surface area contributed by atoms with E-state index in [0.717, 1.165) is 9.63 Å². The second kappa shape index (κ2) is 3.21. The van der Waals surface area contributed by atoms with Crippen LogP contribution in [0, 0.1) is 6.92 Å². The van der Waals surface area contributed by atoms with E-state index in [1.807, 2.05) is 0 Å². The Morgan fingerprint density at radius 2 is 2.07 bits per heavy atom. The van der Waals surface area contributed by atoms with Gasteiger partial charge in [0.25, 0.3) is 0 Å². The molecule has 0 aliphatic carbocycles. The Bertz CT molecular complexity index is 385. The summed E-state index contributed by atoms with van der Waals surface area (Å²) in [6, 6.07) is 0. The number of nitrogens with zero attached hydrogens (tertiary/aromatic N) is 3. The predicted octanol–water partition coefficient (Wildman–Crippen LogP) is 1.46. The summed E-state index contributed by atoms with van der Waals surface area (Å²) in [5.74, 6) is 0.338. The van der Waals surface area contributed by atoms with Gasteiger partial charge in [0.2, 0.25) is 0 Å². The number of aryl methyl sites for hydroxylation is 1. The molecule has 0 fully saturated rings. The van der Waals surface area contributed by atoms with Crippen LogP contribution in [0.25, 0.3) is 0 Å². The van der Waals surface area contributed by atoms with Gasteiger partial charge in [0.05, 0.1) is 24.5 Å². The summed E-state index contributed by atoms with van der Waals surface area (Å²) in [7, 11) is 0. The Labute approximate surface area is 83.9 Å². The van der Waals surface area contributed by atoms with Gasteiger partial charge in [-0.05, 0) is 6.92 Å². The SMILES string of the molecule is Cc1nc2c(n1CC(F)(F)F)CN(O)C2. The molecule has 7 heteroatoms. The maximum Gasteiger partial charge on any atom is 0.406 e. The zero-order valence-corrected chi connectivity index (χ0v) is 8.04. The first-order valence-corrected chi connectivity index (χ1v) is 4.42. The maximum atomic E-state index is 12.2. The molecular weight excluding hydrogens is 211 g/mol. The largest absolute Gasteiger partial charge is 0.406 e. The van der Waals surface area contributed by atoms with E-state index >= 15 is 0 Å². The summed E-state index contributed by atoms with van der Waals surface area (Å²) in [4.78, 5) is 3.99. The van der Waals surface area contributed by atoms with Gasteiger partial charge in [-0.2, -0.15) is 18.2 Å². The van der Waals surface area contributed by atoms with Gasteiger partial charge >= 0.3 is 6.18 Å². The molecule has 1 aliphatic rings. The van der Waals surface area contributed by atoms with E-state index in [2.05, 4.69) is 4.98 Å². The van der Waals surface area contributed by atoms with Crippen molar-refractivity contribution in [3.05, 3.63) is 17.2 Å². The number of hydroxylamine groups is 2. The molecule has 1 aromatic rings. The molecule has 0 unspecified atom stereocenters. The van der Waals surface area contributed by atoms with Crippen molar-refractivity contribution >= 4 is 0 Å². The van der Waals surface area contributed by atoms with Gasteiger partial charge in [-0.1, -0.05) is 0 Å². The van der Waals surface area contributed by atoms with Crippen LogP contribution in [-0.2, 0) is 19.6 Å². The maximum absolute atomic E-state index is 12.2. The van der Waals surface area contributed by atoms with Gasteiger partial charge in [0.15, 0.2) is 0 Å². The van der Waals surface area contributed by atoms with Crippen LogP contribution in [-0.4, -0.2) is 26.0 Å². The zero-order valence-electron chi connectivity index (χ0n) is 8.04. The molecule has 0 spiro atoms. The fourth-order valence-corrected chi connectivity index (χ4v) is 1.77. The van der Waals surface area contributed by atoms with E-state index in [1.165, 1.54) is 6.92 Å². The second-order valence-electron chi connectivity index (χ2n) is 3.58.